The van der Waals surface area contributed by atoms with Crippen LogP contribution in [0.3, 0.4) is 0 Å². The predicted octanol–water partition coefficient (Wildman–Crippen LogP) is 19.3. The Kier molecular flexibility index (Phi) is 39.0. The van der Waals surface area contributed by atoms with Crippen molar-refractivity contribution in [2.75, 3.05) is 85.7 Å². The number of ether oxygens (including phenoxy) is 6. The van der Waals surface area contributed by atoms with E-state index in [9.17, 15) is 28.8 Å². The van der Waals surface area contributed by atoms with E-state index in [1.165, 1.54) is 73.6 Å². The number of amides is 5. The highest BCUT2D eigenvalue weighted by atomic mass is 127. The molecular weight excluding hydrogens is 1920 g/mol. The Hall–Kier alpha value is -7.61. The van der Waals surface area contributed by atoms with Gasteiger partial charge >= 0.3 is 18.2 Å². The molecule has 25 nitrogen and oxygen atoms in total. The van der Waals surface area contributed by atoms with Crippen LogP contribution in [-0.2, 0) is 54.8 Å². The molecule has 12 saturated heterocycles. The highest BCUT2D eigenvalue weighted by Gasteiger charge is 2.51. The molecule has 136 heavy (non-hydrogen) atoms. The van der Waals surface area contributed by atoms with Crippen molar-refractivity contribution in [2.45, 2.75) is 306 Å². The zero-order valence-corrected chi connectivity index (χ0v) is 86.5. The number of carbonyl (C=O) groups excluding carboxylic acids is 5. The van der Waals surface area contributed by atoms with Gasteiger partial charge in [0.05, 0.1) is 34.4 Å². The van der Waals surface area contributed by atoms with Gasteiger partial charge in [-0.3, -0.25) is 38.8 Å². The largest absolute Gasteiger partial charge is 0.497 e. The number of carboxylic acids is 1. The first-order valence-electron chi connectivity index (χ1n) is 49.7. The summed E-state index contributed by atoms with van der Waals surface area (Å²) in [5.74, 6) is 3.39. The summed E-state index contributed by atoms with van der Waals surface area (Å²) in [6.07, 6.45) is 23.7. The molecule has 0 spiro atoms. The molecule has 12 heterocycles. The average molecular weight is 2070 g/mol. The fourth-order valence-electron chi connectivity index (χ4n) is 22.4. The van der Waals surface area contributed by atoms with Gasteiger partial charge in [-0.1, -0.05) is 94.9 Å². The van der Waals surface area contributed by atoms with Crippen molar-refractivity contribution in [2.24, 2.45) is 29.4 Å². The number of benzene rings is 6. The lowest BCUT2D eigenvalue weighted by molar-refractivity contribution is -0.142. The van der Waals surface area contributed by atoms with Crippen molar-refractivity contribution in [1.82, 2.24) is 50.7 Å². The quantitative estimate of drug-likeness (QED) is 0.0388. The number of halogens is 5. The molecule has 0 aromatic heterocycles. The summed E-state index contributed by atoms with van der Waals surface area (Å²) in [6, 6.07) is 50.1. The molecule has 6 aromatic rings. The van der Waals surface area contributed by atoms with Crippen LogP contribution in [0.4, 0.5) is 15.3 Å². The molecule has 6 aromatic carbocycles. The van der Waals surface area contributed by atoms with Gasteiger partial charge < -0.3 is 75.2 Å². The summed E-state index contributed by atoms with van der Waals surface area (Å²) >= 11 is 25.9. The lowest BCUT2D eigenvalue weighted by Crippen LogP contribution is -2.46. The third kappa shape index (κ3) is 30.2. The van der Waals surface area contributed by atoms with E-state index in [0.717, 1.165) is 174 Å². The maximum Gasteiger partial charge on any atom is 0.410 e. The maximum absolute atomic E-state index is 13.3. The van der Waals surface area contributed by atoms with Crippen LogP contribution in [0.2, 0.25) is 20.1 Å². The Bertz CT molecular complexity index is 4790. The molecule has 18 rings (SSSR count). The van der Waals surface area contributed by atoms with E-state index in [-0.39, 0.29) is 65.7 Å². The van der Waals surface area contributed by atoms with Crippen LogP contribution < -0.4 is 50.8 Å². The lowest BCUT2D eigenvalue weighted by atomic mass is 9.93. The highest BCUT2D eigenvalue weighted by molar-refractivity contribution is 14.1. The Morgan fingerprint density at radius 2 is 0.713 bits per heavy atom. The Morgan fingerprint density at radius 3 is 1.06 bits per heavy atom. The minimum absolute atomic E-state index is 0.0356. The van der Waals surface area contributed by atoms with Gasteiger partial charge in [-0.25, -0.2) is 9.59 Å². The molecule has 0 radical (unpaired) electrons. The number of fused-ring (bicyclic) bond motifs is 8. The van der Waals surface area contributed by atoms with Crippen molar-refractivity contribution >= 4 is 111 Å². The summed E-state index contributed by atoms with van der Waals surface area (Å²) in [5.41, 5.74) is 11.5. The molecule has 12 aliphatic rings. The minimum atomic E-state index is -0.768. The summed E-state index contributed by atoms with van der Waals surface area (Å²) < 4.78 is 32.8. The minimum Gasteiger partial charge on any atom is -0.497 e. The second-order valence-corrected chi connectivity index (χ2v) is 44.0. The third-order valence-electron chi connectivity index (χ3n) is 29.4. The summed E-state index contributed by atoms with van der Waals surface area (Å²) in [7, 11) is 6.79. The number of rotatable bonds is 20. The monoisotopic (exact) mass is 2060 g/mol. The first-order chi connectivity index (χ1) is 65.2. The molecule has 0 aliphatic carbocycles. The number of nitrogens with zero attached hydrogens (tertiary/aromatic N) is 7. The number of hydrogen-bond donors (Lipinski definition) is 6. The van der Waals surface area contributed by atoms with E-state index in [1.54, 1.807) is 50.4 Å². The number of carbonyl (C=O) groups is 6. The van der Waals surface area contributed by atoms with Crippen LogP contribution in [0.25, 0.3) is 0 Å². The molecule has 12 fully saturated rings. The number of nitrogens with two attached hydrogens (primary N) is 1. The van der Waals surface area contributed by atoms with Gasteiger partial charge in [0.2, 0.25) is 17.7 Å². The van der Waals surface area contributed by atoms with Crippen LogP contribution >= 0.6 is 69.0 Å². The van der Waals surface area contributed by atoms with Crippen molar-refractivity contribution in [3.63, 3.8) is 0 Å². The first kappa shape index (κ1) is 106. The van der Waals surface area contributed by atoms with E-state index in [0.29, 0.717) is 120 Å². The summed E-state index contributed by atoms with van der Waals surface area (Å²) in [5, 5.41) is 25.3. The number of methoxy groups -OCH3 is 4. The number of nitrogens with one attached hydrogen (secondary N) is 4. The van der Waals surface area contributed by atoms with Gasteiger partial charge in [0.1, 0.15) is 34.2 Å². The molecule has 5 amide bonds. The van der Waals surface area contributed by atoms with E-state index < -0.39 is 17.2 Å². The zero-order valence-electron chi connectivity index (χ0n) is 81.3. The number of likely N-dealkylation sites (tertiary alicyclic amines) is 2. The number of anilines is 1. The predicted molar refractivity (Wildman–Crippen MR) is 547 cm³/mol. The summed E-state index contributed by atoms with van der Waals surface area (Å²) in [6.45, 7) is 21.0. The van der Waals surface area contributed by atoms with Crippen molar-refractivity contribution in [3.05, 3.63) is 179 Å². The van der Waals surface area contributed by atoms with Crippen molar-refractivity contribution in [1.29, 1.82) is 0 Å². The van der Waals surface area contributed by atoms with Gasteiger partial charge in [0.25, 0.3) is 0 Å². The van der Waals surface area contributed by atoms with Gasteiger partial charge in [0, 0.05) is 185 Å². The second kappa shape index (κ2) is 50.2. The second-order valence-electron chi connectivity index (χ2n) is 41.0. The number of carboxylic acid groups (broad SMARTS) is 1. The lowest BCUT2D eigenvalue weighted by Gasteiger charge is -2.27. The van der Waals surface area contributed by atoms with Crippen molar-refractivity contribution < 1.29 is 62.3 Å². The molecule has 744 valence electrons. The van der Waals surface area contributed by atoms with Crippen LogP contribution in [-0.4, -0.2) is 235 Å². The van der Waals surface area contributed by atoms with E-state index in [4.69, 9.17) is 85.7 Å². The van der Waals surface area contributed by atoms with Crippen LogP contribution in [0.15, 0.2) is 133 Å². The van der Waals surface area contributed by atoms with Gasteiger partial charge in [-0.05, 0) is 339 Å². The average Bonchev–Trinajstić information content (AvgIpc) is 1.71. The van der Waals surface area contributed by atoms with Gasteiger partial charge in [-0.2, -0.15) is 0 Å². The molecule has 8 bridgehead atoms. The molecule has 0 saturated carbocycles. The van der Waals surface area contributed by atoms with E-state index >= 15 is 0 Å². The van der Waals surface area contributed by atoms with Crippen molar-refractivity contribution in [3.8, 4) is 23.0 Å². The molecule has 7 N–H and O–H groups in total. The van der Waals surface area contributed by atoms with Gasteiger partial charge in [-0.15, -0.1) is 0 Å². The first-order valence-corrected chi connectivity index (χ1v) is 52.3. The fraction of sp³-hybridized carbons (Fsp3) is 0.604. The fourth-order valence-corrected chi connectivity index (χ4v) is 24.5. The van der Waals surface area contributed by atoms with Gasteiger partial charge in [0.15, 0.2) is 0 Å². The molecule has 30 heteroatoms. The normalized spacial score (nSPS) is 26.9. The Morgan fingerprint density at radius 1 is 0.390 bits per heavy atom. The van der Waals surface area contributed by atoms with Crippen LogP contribution in [0.1, 0.15) is 218 Å². The highest BCUT2D eigenvalue weighted by Crippen LogP contribution is 2.44. The van der Waals surface area contributed by atoms with Crippen LogP contribution in [0.5, 0.6) is 23.0 Å². The number of aliphatic carboxylic acids is 1. The Labute approximate surface area is 840 Å². The zero-order chi connectivity index (χ0) is 96.9. The standard InChI is InChI=1S/C27H33Cl2N3O2.C26H39N3O4.C21H31N3O2.C14H20N2O.C12H21NO4.C6H3Cl2I/c1-34-24-7-4-18(5-8-24)17-32-22-6-9-26(32)25(16-22)30-27(33)19-3-2-11-31(12-10-19)23-14-20(28)13-21(29)15-23;1-26(2,3)33-25(31)28-14-5-6-19(13-15-28)24(30)27-22-16-20-9-12-23(22)29(20)17-18-7-10-21(32-4)11-8-18;1-26-18-7-4-15(5-8-18)14-24-17-6-9-20(24)19(13-17)23-21(25)16-3-2-11-22-12-10-16;1-17-12-5-2-10(3-6-12)9-16-11-4-7-14(16)13(15)8-11;1-12(2,3)17-11(16)13-7-4-5-9(6-8-13)10(14)15;7-4-1-5(8)3-6(9)2-4/h4-5,7-8,13-15,19,22,25-26H,2-3,6,9-12,16-17H2,1H3,(H,30,33);7-8,10-11,19-20,22-23H,5-6,9,12-17H2,1-4H3,(H,27,30);4-5,7-8,16-17,19-20,22H,2-3,6,9-14H2,1H3,(H,23,25);2-3,5-6,11,13-14H,4,7-9,15H2,1H3;9H,4-8H2,1-3H3,(H,14,15);1-3H/t19-,22-,25+,26+;19?,20-,22+,23+;16?,17-,19+,20+;11-,13+,14+;;/m0000../s1. The smallest absolute Gasteiger partial charge is 0.410 e. The van der Waals surface area contributed by atoms with Crippen LogP contribution in [0, 0.1) is 27.2 Å². The number of hydrogen-bond acceptors (Lipinski definition) is 19. The molecule has 16 atom stereocenters. The van der Waals surface area contributed by atoms with E-state index in [1.807, 2.05) is 114 Å². The molecule has 12 aliphatic heterocycles. The topological polar surface area (TPSA) is 275 Å². The van der Waals surface area contributed by atoms with E-state index in [2.05, 4.69) is 117 Å². The molecule has 3 unspecified atom stereocenters. The molecular formula is C106H147Cl4IN12O13. The maximum atomic E-state index is 13.3. The summed E-state index contributed by atoms with van der Waals surface area (Å²) in [4.78, 5) is 90.3. The Balaban J connectivity index is 0.000000144. The third-order valence-corrected chi connectivity index (χ3v) is 30.9. The SMILES string of the molecule is CC(C)(C)OC(=O)N1CCCC(C(=O)O)CC1.COc1ccc(CN2[C@H]3CC[C@@H]2[C@H](N)C3)cc1.COc1ccc(CN2[C@H]3CC[C@@H]2[C@H](NC(=O)C2CCCN(C(=O)OC(C)(C)C)CC2)C3)cc1.COc1ccc(CN2[C@H]3CC[C@@H]2[C@H](NC(=O)C2CCCNCC2)C3)cc1.COc1ccc(CN2[C@H]3CC[C@@H]2[C@H](NC(=O)[C@H]2CCCN(c4cc(Cl)cc(Cl)c4)CC2)C3)cc1.Clc1cc(Cl)cc(I)c1.